The quantitative estimate of drug-likeness (QED) is 0.448. The number of carbonyl (C=O) groups is 1. The van der Waals surface area contributed by atoms with Crippen molar-refractivity contribution in [2.75, 3.05) is 0 Å². The Morgan fingerprint density at radius 2 is 1.68 bits per heavy atom. The Bertz CT molecular complexity index is 1030. The number of halogens is 1. The molecule has 28 heavy (non-hydrogen) atoms. The summed E-state index contributed by atoms with van der Waals surface area (Å²) in [5.74, 6) is 1.44. The van der Waals surface area contributed by atoms with Gasteiger partial charge in [0, 0.05) is 10.5 Å². The summed E-state index contributed by atoms with van der Waals surface area (Å²) in [6.45, 7) is 2.57. The molecule has 0 bridgehead atoms. The number of rotatable bonds is 5. The van der Waals surface area contributed by atoms with Gasteiger partial charge in [-0.2, -0.15) is 0 Å². The van der Waals surface area contributed by atoms with Crippen molar-refractivity contribution < 1.29 is 14.3 Å². The number of aryl methyl sites for hydroxylation is 1. The molecule has 0 fully saturated rings. The van der Waals surface area contributed by atoms with Crippen molar-refractivity contribution in [1.82, 2.24) is 0 Å². The van der Waals surface area contributed by atoms with E-state index in [4.69, 9.17) is 9.47 Å². The number of Topliss-reactive ketones (excluding diaryl/α,β-unsaturated/α-hetero) is 1. The van der Waals surface area contributed by atoms with E-state index in [1.807, 2.05) is 36.4 Å². The second-order valence-electron chi connectivity index (χ2n) is 6.61. The Morgan fingerprint density at radius 1 is 0.964 bits per heavy atom. The number of ether oxygens (including phenoxy) is 2. The Hall–Kier alpha value is -2.85. The Balaban J connectivity index is 1.49. The highest BCUT2D eigenvalue weighted by Crippen LogP contribution is 2.35. The highest BCUT2D eigenvalue weighted by molar-refractivity contribution is 9.10. The van der Waals surface area contributed by atoms with Crippen molar-refractivity contribution >= 4 is 27.8 Å². The molecule has 0 atom stereocenters. The molecule has 0 aromatic heterocycles. The third-order valence-electron chi connectivity index (χ3n) is 4.65. The van der Waals surface area contributed by atoms with E-state index < -0.39 is 0 Å². The lowest BCUT2D eigenvalue weighted by atomic mass is 10.1. The van der Waals surface area contributed by atoms with Crippen molar-refractivity contribution in [2.24, 2.45) is 0 Å². The molecule has 0 N–H and O–H groups in total. The minimum absolute atomic E-state index is 0.103. The first-order valence-electron chi connectivity index (χ1n) is 9.17. The predicted octanol–water partition coefficient (Wildman–Crippen LogP) is 6.21. The fraction of sp³-hybridized carbons (Fsp3) is 0.125. The zero-order chi connectivity index (χ0) is 19.5. The molecule has 4 heteroatoms. The predicted molar refractivity (Wildman–Crippen MR) is 114 cm³/mol. The third kappa shape index (κ3) is 4.02. The maximum absolute atomic E-state index is 12.6. The molecule has 0 unspecified atom stereocenters. The first kappa shape index (κ1) is 18.5. The molecule has 3 aromatic rings. The molecular weight excluding hydrogens is 416 g/mol. The second-order valence-corrected chi connectivity index (χ2v) is 7.52. The molecule has 1 aliphatic heterocycles. The molecule has 4 rings (SSSR count). The summed E-state index contributed by atoms with van der Waals surface area (Å²) in [6, 6.07) is 21.4. The van der Waals surface area contributed by atoms with Crippen LogP contribution in [0.3, 0.4) is 0 Å². The summed E-state index contributed by atoms with van der Waals surface area (Å²) in [7, 11) is 0. The summed E-state index contributed by atoms with van der Waals surface area (Å²) in [5.41, 5.74) is 3.83. The number of hydrogen-bond acceptors (Lipinski definition) is 3. The average Bonchev–Trinajstić information content (AvgIpc) is 3.03. The summed E-state index contributed by atoms with van der Waals surface area (Å²) < 4.78 is 12.7. The monoisotopic (exact) mass is 434 g/mol. The molecule has 0 saturated carbocycles. The fourth-order valence-electron chi connectivity index (χ4n) is 3.01. The highest BCUT2D eigenvalue weighted by atomic mass is 79.9. The number of carbonyl (C=O) groups excluding carboxylic acids is 1. The number of benzene rings is 3. The van der Waals surface area contributed by atoms with Gasteiger partial charge in [0.05, 0.1) is 5.56 Å². The first-order chi connectivity index (χ1) is 13.6. The van der Waals surface area contributed by atoms with Crippen molar-refractivity contribution in [3.63, 3.8) is 0 Å². The largest absolute Gasteiger partial charge is 0.489 e. The Labute approximate surface area is 172 Å². The van der Waals surface area contributed by atoms with Crippen LogP contribution in [-0.4, -0.2) is 5.78 Å². The SMILES string of the molecule is CCc1ccc(/C=C2\Oc3cc(OCc4ccc(Br)cc4)ccc3C2=O)cc1. The minimum atomic E-state index is -0.103. The van der Waals surface area contributed by atoms with Gasteiger partial charge >= 0.3 is 0 Å². The normalized spacial score (nSPS) is 14.1. The maximum Gasteiger partial charge on any atom is 0.231 e. The van der Waals surface area contributed by atoms with Crippen LogP contribution < -0.4 is 9.47 Å². The molecule has 1 heterocycles. The molecule has 3 nitrogen and oxygen atoms in total. The van der Waals surface area contributed by atoms with Gasteiger partial charge in [0.1, 0.15) is 18.1 Å². The van der Waals surface area contributed by atoms with E-state index in [0.29, 0.717) is 29.4 Å². The van der Waals surface area contributed by atoms with Crippen LogP contribution in [0.4, 0.5) is 0 Å². The van der Waals surface area contributed by atoms with E-state index in [9.17, 15) is 4.79 Å². The fourth-order valence-corrected chi connectivity index (χ4v) is 3.27. The highest BCUT2D eigenvalue weighted by Gasteiger charge is 2.27. The standard InChI is InChI=1S/C24H19BrO3/c1-2-16-3-5-17(6-4-16)13-23-24(26)21-12-11-20(14-22(21)28-23)27-15-18-7-9-19(25)10-8-18/h3-14H,2,15H2,1H3/b23-13-. The molecule has 0 saturated heterocycles. The van der Waals surface area contributed by atoms with Crippen LogP contribution in [-0.2, 0) is 13.0 Å². The van der Waals surface area contributed by atoms with Gasteiger partial charge in [0.2, 0.25) is 5.78 Å². The van der Waals surface area contributed by atoms with Gasteiger partial charge in [-0.15, -0.1) is 0 Å². The molecule has 0 radical (unpaired) electrons. The van der Waals surface area contributed by atoms with Crippen molar-refractivity contribution in [3.8, 4) is 11.5 Å². The van der Waals surface area contributed by atoms with Gasteiger partial charge in [0.15, 0.2) is 5.76 Å². The van der Waals surface area contributed by atoms with Crippen LogP contribution in [0, 0.1) is 0 Å². The van der Waals surface area contributed by atoms with E-state index >= 15 is 0 Å². The lowest BCUT2D eigenvalue weighted by Gasteiger charge is -2.07. The van der Waals surface area contributed by atoms with E-state index in [0.717, 1.165) is 22.0 Å². The maximum atomic E-state index is 12.6. The second kappa shape index (κ2) is 8.03. The molecule has 3 aromatic carbocycles. The number of allylic oxidation sites excluding steroid dienone is 1. The van der Waals surface area contributed by atoms with Crippen molar-refractivity contribution in [3.05, 3.63) is 99.2 Å². The molecule has 0 spiro atoms. The van der Waals surface area contributed by atoms with Crippen LogP contribution in [0.5, 0.6) is 11.5 Å². The topological polar surface area (TPSA) is 35.5 Å². The average molecular weight is 435 g/mol. The lowest BCUT2D eigenvalue weighted by molar-refractivity contribution is 0.101. The van der Waals surface area contributed by atoms with Crippen LogP contribution in [0.1, 0.15) is 34.0 Å². The van der Waals surface area contributed by atoms with Crippen LogP contribution in [0.25, 0.3) is 6.08 Å². The van der Waals surface area contributed by atoms with E-state index in [-0.39, 0.29) is 5.78 Å². The smallest absolute Gasteiger partial charge is 0.231 e. The summed E-state index contributed by atoms with van der Waals surface area (Å²) in [4.78, 5) is 12.6. The summed E-state index contributed by atoms with van der Waals surface area (Å²) in [5, 5.41) is 0. The van der Waals surface area contributed by atoms with Gasteiger partial charge in [-0.3, -0.25) is 4.79 Å². The van der Waals surface area contributed by atoms with Crippen molar-refractivity contribution in [1.29, 1.82) is 0 Å². The number of ketones is 1. The molecular formula is C24H19BrO3. The van der Waals surface area contributed by atoms with Gasteiger partial charge in [0.25, 0.3) is 0 Å². The van der Waals surface area contributed by atoms with Gasteiger partial charge in [-0.1, -0.05) is 59.3 Å². The molecule has 140 valence electrons. The van der Waals surface area contributed by atoms with Gasteiger partial charge in [-0.05, 0) is 53.5 Å². The lowest BCUT2D eigenvalue weighted by Crippen LogP contribution is -1.98. The first-order valence-corrected chi connectivity index (χ1v) is 9.96. The summed E-state index contributed by atoms with van der Waals surface area (Å²) in [6.07, 6.45) is 2.77. The van der Waals surface area contributed by atoms with E-state index in [2.05, 4.69) is 35.0 Å². The molecule has 0 amide bonds. The zero-order valence-corrected chi connectivity index (χ0v) is 17.0. The van der Waals surface area contributed by atoms with Crippen LogP contribution in [0.2, 0.25) is 0 Å². The molecule has 0 aliphatic carbocycles. The van der Waals surface area contributed by atoms with Crippen LogP contribution >= 0.6 is 15.9 Å². The van der Waals surface area contributed by atoms with E-state index in [1.165, 1.54) is 5.56 Å². The van der Waals surface area contributed by atoms with E-state index in [1.54, 1.807) is 24.3 Å². The summed E-state index contributed by atoms with van der Waals surface area (Å²) >= 11 is 3.42. The third-order valence-corrected chi connectivity index (χ3v) is 5.17. The Kier molecular flexibility index (Phi) is 5.31. The number of fused-ring (bicyclic) bond motifs is 1. The number of hydrogen-bond donors (Lipinski definition) is 0. The Morgan fingerprint density at radius 3 is 2.39 bits per heavy atom. The van der Waals surface area contributed by atoms with Gasteiger partial charge in [-0.25, -0.2) is 0 Å². The van der Waals surface area contributed by atoms with Crippen molar-refractivity contribution in [2.45, 2.75) is 20.0 Å². The zero-order valence-electron chi connectivity index (χ0n) is 15.4. The minimum Gasteiger partial charge on any atom is -0.489 e. The molecule has 1 aliphatic rings. The van der Waals surface area contributed by atoms with Gasteiger partial charge < -0.3 is 9.47 Å². The van der Waals surface area contributed by atoms with Crippen LogP contribution in [0.15, 0.2) is 77.0 Å².